The molecule has 2 saturated carbocycles. The van der Waals surface area contributed by atoms with Crippen molar-refractivity contribution in [1.82, 2.24) is 24.7 Å². The fourth-order valence-electron chi connectivity index (χ4n) is 6.07. The Labute approximate surface area is 207 Å². The van der Waals surface area contributed by atoms with Gasteiger partial charge in [-0.2, -0.15) is 20.3 Å². The lowest BCUT2D eigenvalue weighted by atomic mass is 9.95. The zero-order valence-corrected chi connectivity index (χ0v) is 19.9. The number of ether oxygens (including phenoxy) is 2. The van der Waals surface area contributed by atoms with E-state index in [-0.39, 0.29) is 0 Å². The van der Waals surface area contributed by atoms with Crippen molar-refractivity contribution in [3.05, 3.63) is 36.2 Å². The molecule has 182 valence electrons. The second-order valence-electron chi connectivity index (χ2n) is 9.84. The predicted molar refractivity (Wildman–Crippen MR) is 134 cm³/mol. The molecule has 10 nitrogen and oxygen atoms in total. The molecule has 2 aliphatic carbocycles. The third kappa shape index (κ3) is 3.34. The fraction of sp³-hybridized carbons (Fsp3) is 0.385. The highest BCUT2D eigenvalue weighted by molar-refractivity contribution is 5.94. The number of nitrogens with zero attached hydrogens (tertiary/aromatic N) is 5. The number of anilines is 3. The Balaban J connectivity index is 1.27. The number of nitrogens with one attached hydrogen (secondary N) is 3. The van der Waals surface area contributed by atoms with Crippen molar-refractivity contribution in [2.45, 2.75) is 31.7 Å². The molecule has 1 unspecified atom stereocenters. The number of aromatic amines is 1. The average Bonchev–Trinajstić information content (AvgIpc) is 3.69. The summed E-state index contributed by atoms with van der Waals surface area (Å²) in [6.45, 7) is 0.927. The van der Waals surface area contributed by atoms with Gasteiger partial charge in [0.05, 0.1) is 22.3 Å². The van der Waals surface area contributed by atoms with Gasteiger partial charge in [-0.05, 0) is 49.3 Å². The lowest BCUT2D eigenvalue weighted by molar-refractivity contribution is 0.173. The molecule has 0 radical (unpaired) electrons. The number of hydrogen-bond donors (Lipinski definition) is 3. The minimum absolute atomic E-state index is 0.374. The summed E-state index contributed by atoms with van der Waals surface area (Å²) in [4.78, 5) is 12.7. The fourth-order valence-corrected chi connectivity index (χ4v) is 6.07. The van der Waals surface area contributed by atoms with Gasteiger partial charge in [0, 0.05) is 31.0 Å². The van der Waals surface area contributed by atoms with Crippen LogP contribution in [0.15, 0.2) is 30.6 Å². The summed E-state index contributed by atoms with van der Waals surface area (Å²) in [5.74, 6) is 3.86. The van der Waals surface area contributed by atoms with Gasteiger partial charge in [0.1, 0.15) is 30.7 Å². The molecule has 3 aromatic heterocycles. The molecule has 36 heavy (non-hydrogen) atoms. The number of rotatable bonds is 5. The van der Waals surface area contributed by atoms with Crippen LogP contribution in [0.1, 0.15) is 31.2 Å². The first-order valence-corrected chi connectivity index (χ1v) is 12.4. The molecule has 4 aromatic rings. The zero-order valence-electron chi connectivity index (χ0n) is 19.9. The van der Waals surface area contributed by atoms with Crippen LogP contribution in [0, 0.1) is 23.2 Å². The van der Waals surface area contributed by atoms with Gasteiger partial charge in [0.15, 0.2) is 11.5 Å². The molecule has 0 amide bonds. The number of benzene rings is 1. The maximum atomic E-state index is 9.67. The third-order valence-electron chi connectivity index (χ3n) is 7.74. The van der Waals surface area contributed by atoms with Crippen molar-refractivity contribution in [2.75, 3.05) is 23.8 Å². The number of fused-ring (bicyclic) bond motifs is 4. The molecule has 7 rings (SSSR count). The van der Waals surface area contributed by atoms with E-state index in [1.54, 1.807) is 12.4 Å². The largest absolute Gasteiger partial charge is 0.485 e. The molecule has 2 bridgehead atoms. The van der Waals surface area contributed by atoms with Gasteiger partial charge in [-0.25, -0.2) is 0 Å². The standard InChI is InChI=1S/C26H26N8O2/c1-34-20(6-7-29-34)17-4-5-18(23-22(17)35-8-9-36-23)31-26-32-24-21(16(12-27)13-28-24)25(33-26)30-19-11-14-2-3-15(19)10-14/h4-7,13-15,19H,2-3,8-11H2,1H3,(H3,28,30,31,32,33)/t14-,15+,19?/m0/s1. The summed E-state index contributed by atoms with van der Waals surface area (Å²) in [5.41, 5.74) is 3.72. The number of hydrogen-bond acceptors (Lipinski definition) is 8. The molecule has 1 aliphatic heterocycles. The molecule has 0 saturated heterocycles. The number of nitriles is 1. The molecule has 10 heteroatoms. The van der Waals surface area contributed by atoms with Crippen LogP contribution in [-0.4, -0.2) is 44.0 Å². The average molecular weight is 483 g/mol. The highest BCUT2D eigenvalue weighted by Gasteiger charge is 2.40. The monoisotopic (exact) mass is 482 g/mol. The lowest BCUT2D eigenvalue weighted by Gasteiger charge is -2.25. The van der Waals surface area contributed by atoms with Crippen LogP contribution in [0.2, 0.25) is 0 Å². The van der Waals surface area contributed by atoms with Crippen molar-refractivity contribution in [2.24, 2.45) is 18.9 Å². The Morgan fingerprint density at radius 2 is 2.00 bits per heavy atom. The molecule has 4 heterocycles. The first-order valence-electron chi connectivity index (χ1n) is 12.4. The Kier molecular flexibility index (Phi) is 4.77. The molecule has 2 fully saturated rings. The van der Waals surface area contributed by atoms with Crippen LogP contribution in [-0.2, 0) is 7.05 Å². The van der Waals surface area contributed by atoms with Crippen LogP contribution in [0.4, 0.5) is 17.5 Å². The third-order valence-corrected chi connectivity index (χ3v) is 7.74. The van der Waals surface area contributed by atoms with Gasteiger partial charge in [-0.1, -0.05) is 6.42 Å². The maximum Gasteiger partial charge on any atom is 0.231 e. The van der Waals surface area contributed by atoms with Crippen molar-refractivity contribution >= 4 is 28.5 Å². The van der Waals surface area contributed by atoms with Crippen molar-refractivity contribution in [3.63, 3.8) is 0 Å². The van der Waals surface area contributed by atoms with Gasteiger partial charge in [0.25, 0.3) is 0 Å². The van der Waals surface area contributed by atoms with E-state index in [4.69, 9.17) is 14.5 Å². The summed E-state index contributed by atoms with van der Waals surface area (Å²) in [7, 11) is 1.90. The van der Waals surface area contributed by atoms with Gasteiger partial charge < -0.3 is 25.1 Å². The molecule has 1 aromatic carbocycles. The normalized spacial score (nSPS) is 22.1. The highest BCUT2D eigenvalue weighted by atomic mass is 16.6. The van der Waals surface area contributed by atoms with Crippen molar-refractivity contribution in [3.8, 4) is 28.8 Å². The molecular weight excluding hydrogens is 456 g/mol. The minimum atomic E-state index is 0.374. The summed E-state index contributed by atoms with van der Waals surface area (Å²) < 4.78 is 13.9. The van der Waals surface area contributed by atoms with E-state index in [0.29, 0.717) is 65.3 Å². The van der Waals surface area contributed by atoms with Crippen LogP contribution in [0.25, 0.3) is 22.3 Å². The van der Waals surface area contributed by atoms with Crippen LogP contribution in [0.3, 0.4) is 0 Å². The molecule has 0 spiro atoms. The van der Waals surface area contributed by atoms with Gasteiger partial charge >= 0.3 is 0 Å². The SMILES string of the molecule is Cn1nccc1-c1ccc(Nc2nc(NC3C[C@H]4CC[C@@H]3C4)c3c(C#N)c[nH]c3n2)c2c1OCCO2. The van der Waals surface area contributed by atoms with E-state index < -0.39 is 0 Å². The van der Waals surface area contributed by atoms with E-state index >= 15 is 0 Å². The summed E-state index contributed by atoms with van der Waals surface area (Å²) in [6, 6.07) is 8.52. The number of aromatic nitrogens is 5. The summed E-state index contributed by atoms with van der Waals surface area (Å²) in [5, 5.41) is 21.7. The van der Waals surface area contributed by atoms with E-state index in [9.17, 15) is 5.26 Å². The van der Waals surface area contributed by atoms with E-state index in [2.05, 4.69) is 31.8 Å². The smallest absolute Gasteiger partial charge is 0.231 e. The second-order valence-corrected chi connectivity index (χ2v) is 9.84. The van der Waals surface area contributed by atoms with E-state index in [0.717, 1.165) is 29.0 Å². The summed E-state index contributed by atoms with van der Waals surface area (Å²) in [6.07, 6.45) is 8.46. The van der Waals surface area contributed by atoms with Crippen LogP contribution < -0.4 is 20.1 Å². The van der Waals surface area contributed by atoms with Gasteiger partial charge in [0.2, 0.25) is 5.95 Å². The van der Waals surface area contributed by atoms with Gasteiger partial charge in [-0.15, -0.1) is 0 Å². The first kappa shape index (κ1) is 21.1. The number of aryl methyl sites for hydroxylation is 1. The van der Waals surface area contributed by atoms with E-state index in [1.165, 1.54) is 19.3 Å². The van der Waals surface area contributed by atoms with Gasteiger partial charge in [-0.3, -0.25) is 4.68 Å². The maximum absolute atomic E-state index is 9.67. The Hall–Kier alpha value is -4.26. The quantitative estimate of drug-likeness (QED) is 0.383. The second kappa shape index (κ2) is 8.16. The Morgan fingerprint density at radius 1 is 1.11 bits per heavy atom. The first-order chi connectivity index (χ1) is 17.7. The molecular formula is C26H26N8O2. The Bertz CT molecular complexity index is 1520. The highest BCUT2D eigenvalue weighted by Crippen LogP contribution is 2.47. The lowest BCUT2D eigenvalue weighted by Crippen LogP contribution is -2.26. The molecule has 3 atom stereocenters. The molecule has 3 N–H and O–H groups in total. The summed E-state index contributed by atoms with van der Waals surface area (Å²) >= 11 is 0. The zero-order chi connectivity index (χ0) is 24.2. The van der Waals surface area contributed by atoms with Crippen LogP contribution in [0.5, 0.6) is 11.5 Å². The van der Waals surface area contributed by atoms with Crippen molar-refractivity contribution < 1.29 is 9.47 Å². The Morgan fingerprint density at radius 3 is 2.75 bits per heavy atom. The van der Waals surface area contributed by atoms with E-state index in [1.807, 2.05) is 29.9 Å². The predicted octanol–water partition coefficient (Wildman–Crippen LogP) is 4.35. The van der Waals surface area contributed by atoms with Crippen molar-refractivity contribution in [1.29, 1.82) is 5.26 Å². The minimum Gasteiger partial charge on any atom is -0.485 e. The molecule has 3 aliphatic rings. The van der Waals surface area contributed by atoms with Crippen LogP contribution >= 0.6 is 0 Å². The topological polar surface area (TPSA) is 126 Å². The number of H-pyrrole nitrogens is 1.